The van der Waals surface area contributed by atoms with Crippen LogP contribution in [0, 0.1) is 0 Å². The van der Waals surface area contributed by atoms with Crippen LogP contribution in [-0.2, 0) is 0 Å². The van der Waals surface area contributed by atoms with Crippen molar-refractivity contribution in [1.29, 1.82) is 0 Å². The Bertz CT molecular complexity index is 57.8. The van der Waals surface area contributed by atoms with Gasteiger partial charge in [0.05, 0.1) is 5.16 Å². The fourth-order valence-electron chi connectivity index (χ4n) is 0.0645. The number of aliphatic imine (C=N–C) groups is 1. The van der Waals surface area contributed by atoms with Gasteiger partial charge in [-0.3, -0.25) is 0 Å². The first kappa shape index (κ1) is 9.93. The smallest absolute Gasteiger partial charge is 0.0584 e. The van der Waals surface area contributed by atoms with Crippen molar-refractivity contribution >= 4 is 46.9 Å². The van der Waals surface area contributed by atoms with Crippen LogP contribution < -0.4 is 0 Å². The van der Waals surface area contributed by atoms with E-state index < -0.39 is 0 Å². The Morgan fingerprint density at radius 1 is 1.83 bits per heavy atom. The van der Waals surface area contributed by atoms with Gasteiger partial charge in [-0.25, -0.2) is 4.99 Å². The second-order valence-corrected chi connectivity index (χ2v) is 0.748. The molecule has 0 bridgehead atoms. The third-order valence-corrected chi connectivity index (χ3v) is 0.352. The maximum absolute atomic E-state index is 4.23. The number of rotatable bonds is 1. The Hall–Kier alpha value is 0.800. The summed E-state index contributed by atoms with van der Waals surface area (Å²) in [4.78, 5) is 3.54. The summed E-state index contributed by atoms with van der Waals surface area (Å²) in [5.41, 5.74) is 0. The molecule has 0 aromatic rings. The van der Waals surface area contributed by atoms with Crippen molar-refractivity contribution < 1.29 is 0 Å². The standard InChI is InChI=1S/C3H5NS.Na/c1-2-4-3-5;/h2H2,1H3;. The first-order chi connectivity index (χ1) is 2.41. The van der Waals surface area contributed by atoms with Crippen LogP contribution in [0.5, 0.6) is 0 Å². The molecule has 0 fully saturated rings. The molecule has 0 saturated carbocycles. The zero-order chi connectivity index (χ0) is 4.12. The van der Waals surface area contributed by atoms with Gasteiger partial charge in [-0.2, -0.15) is 0 Å². The summed E-state index contributed by atoms with van der Waals surface area (Å²) in [7, 11) is 0. The average Bonchev–Trinajstić information content (AvgIpc) is 1.41. The molecule has 0 aromatic heterocycles. The molecule has 29 valence electrons. The van der Waals surface area contributed by atoms with Gasteiger partial charge in [-0.1, -0.05) is 0 Å². The van der Waals surface area contributed by atoms with Crippen molar-refractivity contribution in [3.05, 3.63) is 0 Å². The molecule has 1 nitrogen and oxygen atoms in total. The molecule has 0 rings (SSSR count). The number of thiocarbonyl (C=S) groups is 1. The minimum absolute atomic E-state index is 0. The SMILES string of the molecule is CCN=C=S.[Na]. The van der Waals surface area contributed by atoms with Crippen molar-refractivity contribution in [2.45, 2.75) is 6.92 Å². The summed E-state index contributed by atoms with van der Waals surface area (Å²) in [6.45, 7) is 2.67. The molecule has 0 saturated heterocycles. The predicted octanol–water partition coefficient (Wildman–Crippen LogP) is 0.728. The summed E-state index contributed by atoms with van der Waals surface area (Å²) < 4.78 is 0. The Balaban J connectivity index is 0. The van der Waals surface area contributed by atoms with E-state index in [2.05, 4.69) is 22.4 Å². The van der Waals surface area contributed by atoms with E-state index in [1.807, 2.05) is 6.92 Å². The Morgan fingerprint density at radius 3 is 2.33 bits per heavy atom. The molecule has 0 heterocycles. The van der Waals surface area contributed by atoms with Gasteiger partial charge in [-0.15, -0.1) is 0 Å². The summed E-state index contributed by atoms with van der Waals surface area (Å²) in [6, 6.07) is 0. The zero-order valence-corrected chi connectivity index (χ0v) is 6.88. The molecule has 6 heavy (non-hydrogen) atoms. The Kier molecular flexibility index (Phi) is 15.3. The van der Waals surface area contributed by atoms with Crippen LogP contribution in [0.25, 0.3) is 0 Å². The van der Waals surface area contributed by atoms with Crippen molar-refractivity contribution in [1.82, 2.24) is 0 Å². The van der Waals surface area contributed by atoms with E-state index in [9.17, 15) is 0 Å². The van der Waals surface area contributed by atoms with E-state index in [1.165, 1.54) is 0 Å². The first-order valence-electron chi connectivity index (χ1n) is 1.45. The molecule has 0 unspecified atom stereocenters. The van der Waals surface area contributed by atoms with Gasteiger partial charge < -0.3 is 0 Å². The second kappa shape index (κ2) is 9.25. The first-order valence-corrected chi connectivity index (χ1v) is 1.86. The van der Waals surface area contributed by atoms with Crippen LogP contribution in [0.1, 0.15) is 6.92 Å². The number of hydrogen-bond acceptors (Lipinski definition) is 2. The van der Waals surface area contributed by atoms with Gasteiger partial charge in [0.15, 0.2) is 0 Å². The largest absolute Gasteiger partial charge is 0.233 e. The van der Waals surface area contributed by atoms with Crippen LogP contribution in [0.15, 0.2) is 4.99 Å². The van der Waals surface area contributed by atoms with E-state index in [0.29, 0.717) is 0 Å². The van der Waals surface area contributed by atoms with Crippen molar-refractivity contribution in [3.63, 3.8) is 0 Å². The minimum Gasteiger partial charge on any atom is -0.233 e. The number of hydrogen-bond donors (Lipinski definition) is 0. The molecule has 0 aliphatic rings. The monoisotopic (exact) mass is 110 g/mol. The zero-order valence-electron chi connectivity index (χ0n) is 4.06. The number of nitrogens with zero attached hydrogens (tertiary/aromatic N) is 1. The predicted molar refractivity (Wildman–Crippen MR) is 31.3 cm³/mol. The molecule has 0 N–H and O–H groups in total. The van der Waals surface area contributed by atoms with Crippen LogP contribution in [0.4, 0.5) is 0 Å². The van der Waals surface area contributed by atoms with Gasteiger partial charge in [0, 0.05) is 36.1 Å². The van der Waals surface area contributed by atoms with Gasteiger partial charge in [0.25, 0.3) is 0 Å². The van der Waals surface area contributed by atoms with Crippen LogP contribution >= 0.6 is 12.2 Å². The summed E-state index contributed by atoms with van der Waals surface area (Å²) in [5.74, 6) is 0. The normalized spacial score (nSPS) is 4.83. The maximum Gasteiger partial charge on any atom is 0.0584 e. The van der Waals surface area contributed by atoms with E-state index >= 15 is 0 Å². The topological polar surface area (TPSA) is 12.4 Å². The summed E-state index contributed by atoms with van der Waals surface area (Å²) in [5, 5.41) is 2.23. The summed E-state index contributed by atoms with van der Waals surface area (Å²) >= 11 is 4.23. The van der Waals surface area contributed by atoms with Gasteiger partial charge in [0.2, 0.25) is 0 Å². The molecular formula is C3H5NNaS. The Labute approximate surface area is 65.1 Å². The van der Waals surface area contributed by atoms with Crippen molar-refractivity contribution in [3.8, 4) is 0 Å². The van der Waals surface area contributed by atoms with E-state index in [1.54, 1.807) is 0 Å². The van der Waals surface area contributed by atoms with Crippen molar-refractivity contribution in [2.75, 3.05) is 6.54 Å². The molecule has 0 aliphatic heterocycles. The van der Waals surface area contributed by atoms with E-state index in [-0.39, 0.29) is 29.6 Å². The molecule has 0 amide bonds. The quantitative estimate of drug-likeness (QED) is 0.275. The number of isothiocyanates is 1. The minimum atomic E-state index is 0. The molecule has 0 spiro atoms. The van der Waals surface area contributed by atoms with Gasteiger partial charge >= 0.3 is 0 Å². The van der Waals surface area contributed by atoms with Crippen LogP contribution in [-0.4, -0.2) is 41.3 Å². The average molecular weight is 110 g/mol. The fraction of sp³-hybridized carbons (Fsp3) is 0.667. The second-order valence-electron chi connectivity index (χ2n) is 0.566. The third kappa shape index (κ3) is 8.84. The van der Waals surface area contributed by atoms with E-state index in [0.717, 1.165) is 6.54 Å². The van der Waals surface area contributed by atoms with Gasteiger partial charge in [-0.05, 0) is 19.1 Å². The van der Waals surface area contributed by atoms with Gasteiger partial charge in [0.1, 0.15) is 0 Å². The van der Waals surface area contributed by atoms with Crippen LogP contribution in [0.2, 0.25) is 0 Å². The maximum atomic E-state index is 4.23. The van der Waals surface area contributed by atoms with Crippen molar-refractivity contribution in [2.24, 2.45) is 4.99 Å². The molecular weight excluding hydrogens is 105 g/mol. The summed E-state index contributed by atoms with van der Waals surface area (Å²) in [6.07, 6.45) is 0. The third-order valence-electron chi connectivity index (χ3n) is 0.223. The fourth-order valence-corrected chi connectivity index (χ4v) is 0.194. The molecule has 0 atom stereocenters. The van der Waals surface area contributed by atoms with E-state index in [4.69, 9.17) is 0 Å². The Morgan fingerprint density at radius 2 is 2.33 bits per heavy atom. The molecule has 0 aromatic carbocycles. The molecule has 1 radical (unpaired) electrons. The molecule has 0 aliphatic carbocycles. The molecule has 3 heteroatoms. The van der Waals surface area contributed by atoms with Crippen LogP contribution in [0.3, 0.4) is 0 Å².